The van der Waals surface area contributed by atoms with Crippen LogP contribution in [-0.4, -0.2) is 48.6 Å². The lowest BCUT2D eigenvalue weighted by atomic mass is 10.1. The van der Waals surface area contributed by atoms with Crippen molar-refractivity contribution in [2.45, 2.75) is 25.2 Å². The smallest absolute Gasteiger partial charge is 0.254 e. The number of carbonyl (C=O) groups excluding carboxylic acids is 1. The number of methoxy groups -OCH3 is 1. The molecule has 1 saturated heterocycles. The van der Waals surface area contributed by atoms with Crippen LogP contribution in [0.15, 0.2) is 71.6 Å². The lowest BCUT2D eigenvalue weighted by Crippen LogP contribution is -2.49. The summed E-state index contributed by atoms with van der Waals surface area (Å²) in [5, 5.41) is 0. The summed E-state index contributed by atoms with van der Waals surface area (Å²) in [6.07, 6.45) is 0.958. The molecule has 0 saturated carbocycles. The first kappa shape index (κ1) is 24.0. The molecule has 0 aliphatic carbocycles. The van der Waals surface area contributed by atoms with Crippen LogP contribution in [0, 0.1) is 6.92 Å². The summed E-state index contributed by atoms with van der Waals surface area (Å²) in [5.74, 6) is 0.813. The molecule has 0 radical (unpaired) electrons. The minimum absolute atomic E-state index is 0.0247. The van der Waals surface area contributed by atoms with E-state index in [1.54, 1.807) is 13.2 Å². The standard InChI is InChI=1S/C27H31N3O3S/c1-4-21-10-12-22(13-11-21)28-34(32)23-14-9-20(2)24(19-23)27(31)30-17-15-29(16-18-30)25-7-5-6-8-26(25)33-3/h5-14,19,28H,4,15-18H2,1-3H3. The molecular formula is C27H31N3O3S. The number of hydrogen-bond donors (Lipinski definition) is 1. The summed E-state index contributed by atoms with van der Waals surface area (Å²) in [7, 11) is 1.67. The molecule has 3 aromatic rings. The van der Waals surface area contributed by atoms with Crippen molar-refractivity contribution in [3.05, 3.63) is 83.4 Å². The largest absolute Gasteiger partial charge is 0.588 e. The van der Waals surface area contributed by atoms with Crippen molar-refractivity contribution >= 4 is 28.6 Å². The number of aryl methyl sites for hydroxylation is 2. The molecule has 0 aromatic heterocycles. The third kappa shape index (κ3) is 5.32. The number of piperazine rings is 1. The van der Waals surface area contributed by atoms with Gasteiger partial charge >= 0.3 is 0 Å². The Balaban J connectivity index is 1.43. The minimum atomic E-state index is -1.46. The van der Waals surface area contributed by atoms with Crippen LogP contribution in [-0.2, 0) is 17.8 Å². The minimum Gasteiger partial charge on any atom is -0.588 e. The summed E-state index contributed by atoms with van der Waals surface area (Å²) in [5.41, 5.74) is 4.54. The molecule has 1 atom stereocenters. The van der Waals surface area contributed by atoms with Gasteiger partial charge in [-0.1, -0.05) is 37.3 Å². The van der Waals surface area contributed by atoms with Gasteiger partial charge in [0.2, 0.25) is 0 Å². The Hall–Kier alpha value is -3.16. The van der Waals surface area contributed by atoms with Crippen molar-refractivity contribution in [1.29, 1.82) is 0 Å². The van der Waals surface area contributed by atoms with Gasteiger partial charge in [-0.2, -0.15) is 0 Å². The highest BCUT2D eigenvalue weighted by atomic mass is 32.2. The van der Waals surface area contributed by atoms with Crippen molar-refractivity contribution < 1.29 is 14.1 Å². The van der Waals surface area contributed by atoms with E-state index in [1.807, 2.05) is 72.5 Å². The molecule has 1 N–H and O–H groups in total. The molecule has 178 valence electrons. The number of para-hydroxylation sites is 2. The van der Waals surface area contributed by atoms with Gasteiger partial charge in [0.15, 0.2) is 4.90 Å². The van der Waals surface area contributed by atoms with Crippen LogP contribution in [0.4, 0.5) is 11.4 Å². The number of carbonyl (C=O) groups is 1. The van der Waals surface area contributed by atoms with Gasteiger partial charge < -0.3 is 19.1 Å². The van der Waals surface area contributed by atoms with Crippen LogP contribution in [0.5, 0.6) is 5.75 Å². The first-order chi connectivity index (χ1) is 16.5. The molecule has 1 aliphatic heterocycles. The monoisotopic (exact) mass is 477 g/mol. The molecule has 6 nitrogen and oxygen atoms in total. The average Bonchev–Trinajstić information content (AvgIpc) is 2.89. The van der Waals surface area contributed by atoms with Crippen molar-refractivity contribution in [3.8, 4) is 5.75 Å². The molecule has 4 rings (SSSR count). The molecule has 0 spiro atoms. The van der Waals surface area contributed by atoms with Crippen molar-refractivity contribution in [2.75, 3.05) is 42.9 Å². The first-order valence-corrected chi connectivity index (χ1v) is 12.7. The van der Waals surface area contributed by atoms with Crippen LogP contribution in [0.25, 0.3) is 0 Å². The predicted octanol–water partition coefficient (Wildman–Crippen LogP) is 4.66. The Morgan fingerprint density at radius 2 is 1.74 bits per heavy atom. The summed E-state index contributed by atoms with van der Waals surface area (Å²) < 4.78 is 21.5. The molecule has 3 aromatic carbocycles. The van der Waals surface area contributed by atoms with Gasteiger partial charge in [0.25, 0.3) is 5.91 Å². The maximum absolute atomic E-state index is 13.4. The molecule has 1 amide bonds. The Bertz CT molecular complexity index is 1130. The molecule has 1 aliphatic rings. The van der Waals surface area contributed by atoms with Gasteiger partial charge in [-0.3, -0.25) is 4.79 Å². The van der Waals surface area contributed by atoms with E-state index in [2.05, 4.69) is 16.5 Å². The molecular weight excluding hydrogens is 446 g/mol. The highest BCUT2D eigenvalue weighted by Crippen LogP contribution is 2.29. The van der Waals surface area contributed by atoms with Crippen LogP contribution in [0.1, 0.15) is 28.4 Å². The summed E-state index contributed by atoms with van der Waals surface area (Å²) in [4.78, 5) is 18.1. The predicted molar refractivity (Wildman–Crippen MR) is 138 cm³/mol. The fourth-order valence-corrected chi connectivity index (χ4v) is 5.02. The second-order valence-corrected chi connectivity index (χ2v) is 9.56. The van der Waals surface area contributed by atoms with Crippen LogP contribution in [0.3, 0.4) is 0 Å². The highest BCUT2D eigenvalue weighted by Gasteiger charge is 2.26. The quantitative estimate of drug-likeness (QED) is 0.501. The number of nitrogens with one attached hydrogen (secondary N) is 1. The molecule has 1 heterocycles. The molecule has 7 heteroatoms. The second-order valence-electron chi connectivity index (χ2n) is 8.35. The Morgan fingerprint density at radius 3 is 2.41 bits per heavy atom. The normalized spacial score (nSPS) is 14.6. The zero-order chi connectivity index (χ0) is 24.1. The number of benzene rings is 3. The number of anilines is 2. The Labute approximate surface area is 204 Å². The van der Waals surface area contributed by atoms with E-state index in [-0.39, 0.29) is 5.91 Å². The van der Waals surface area contributed by atoms with E-state index >= 15 is 0 Å². The van der Waals surface area contributed by atoms with Gasteiger partial charge in [0, 0.05) is 37.8 Å². The third-order valence-electron chi connectivity index (χ3n) is 6.22. The van der Waals surface area contributed by atoms with Gasteiger partial charge in [-0.15, -0.1) is 0 Å². The fraction of sp³-hybridized carbons (Fsp3) is 0.296. The number of rotatable bonds is 7. The number of amides is 1. The van der Waals surface area contributed by atoms with E-state index in [4.69, 9.17) is 4.74 Å². The van der Waals surface area contributed by atoms with E-state index in [1.165, 1.54) is 5.56 Å². The van der Waals surface area contributed by atoms with E-state index in [9.17, 15) is 9.35 Å². The second kappa shape index (κ2) is 10.8. The van der Waals surface area contributed by atoms with E-state index in [0.717, 1.165) is 42.2 Å². The van der Waals surface area contributed by atoms with Crippen molar-refractivity contribution in [3.63, 3.8) is 0 Å². The fourth-order valence-electron chi connectivity index (χ4n) is 4.13. The van der Waals surface area contributed by atoms with Crippen LogP contribution < -0.4 is 14.4 Å². The third-order valence-corrected chi connectivity index (χ3v) is 7.32. The zero-order valence-corrected chi connectivity index (χ0v) is 20.7. The van der Waals surface area contributed by atoms with Crippen molar-refractivity contribution in [2.24, 2.45) is 0 Å². The first-order valence-electron chi connectivity index (χ1n) is 11.6. The molecule has 34 heavy (non-hydrogen) atoms. The summed E-state index contributed by atoms with van der Waals surface area (Å²) in [6.45, 7) is 6.71. The van der Waals surface area contributed by atoms with Gasteiger partial charge in [0.05, 0.1) is 18.5 Å². The molecule has 0 bridgehead atoms. The Morgan fingerprint density at radius 1 is 1.03 bits per heavy atom. The summed E-state index contributed by atoms with van der Waals surface area (Å²) >= 11 is -1.46. The topological polar surface area (TPSA) is 67.9 Å². The average molecular weight is 478 g/mol. The van der Waals surface area contributed by atoms with Crippen LogP contribution in [0.2, 0.25) is 0 Å². The zero-order valence-electron chi connectivity index (χ0n) is 19.9. The Kier molecular flexibility index (Phi) is 7.65. The number of nitrogens with zero attached hydrogens (tertiary/aromatic N) is 2. The van der Waals surface area contributed by atoms with Crippen molar-refractivity contribution in [1.82, 2.24) is 4.90 Å². The summed E-state index contributed by atoms with van der Waals surface area (Å²) in [6, 6.07) is 21.3. The lowest BCUT2D eigenvalue weighted by molar-refractivity contribution is 0.0745. The molecule has 1 unspecified atom stereocenters. The van der Waals surface area contributed by atoms with E-state index in [0.29, 0.717) is 23.5 Å². The van der Waals surface area contributed by atoms with E-state index < -0.39 is 11.4 Å². The lowest BCUT2D eigenvalue weighted by Gasteiger charge is -2.36. The van der Waals surface area contributed by atoms with Gasteiger partial charge in [0.1, 0.15) is 17.1 Å². The SMILES string of the molecule is CCc1ccc(N[S+]([O-])c2ccc(C)c(C(=O)N3CCN(c4ccccc4OC)CC3)c2)cc1. The number of hydrogen-bond acceptors (Lipinski definition) is 5. The van der Waals surface area contributed by atoms with Crippen LogP contribution >= 0.6 is 0 Å². The maximum Gasteiger partial charge on any atom is 0.254 e. The molecule has 1 fully saturated rings. The van der Waals surface area contributed by atoms with Gasteiger partial charge in [-0.25, -0.2) is 4.72 Å². The van der Waals surface area contributed by atoms with Gasteiger partial charge in [-0.05, 0) is 54.8 Å². The number of ether oxygens (including phenoxy) is 1. The maximum atomic E-state index is 13.4. The highest BCUT2D eigenvalue weighted by molar-refractivity contribution is 7.92.